The third-order valence-corrected chi connectivity index (χ3v) is 9.66. The molecule has 0 bridgehead atoms. The molecule has 0 aliphatic heterocycles. The van der Waals surface area contributed by atoms with Gasteiger partial charge in [-0.25, -0.2) is 18.2 Å². The number of ether oxygens (including phenoxy) is 2. The minimum Gasteiger partial charge on any atom is -0.488 e. The number of carbonyl (C=O) groups is 1. The van der Waals surface area contributed by atoms with Gasteiger partial charge in [-0.1, -0.05) is 90.5 Å². The number of sulfone groups is 1. The standard InChI is InChI=1S/C37H35ClN2O6S/c1-45-37(42)33-22-32(17-18-35(33)46-26-29-10-6-3-7-11-29)47(43,44)31-15-12-27(13-16-31)20-21-40(24-28-8-4-2-5-9-28)25-34(41)30-14-19-36(38)39-23-30/h2-19,22-23,34,41H,20-21,24-26H2,1H3/t34-/m0/s1. The van der Waals surface area contributed by atoms with E-state index in [4.69, 9.17) is 21.1 Å². The van der Waals surface area contributed by atoms with Gasteiger partial charge in [-0.05, 0) is 59.5 Å². The van der Waals surface area contributed by atoms with Crippen molar-refractivity contribution in [3.8, 4) is 5.75 Å². The van der Waals surface area contributed by atoms with Crippen molar-refractivity contribution in [3.05, 3.63) is 154 Å². The van der Waals surface area contributed by atoms with Crippen molar-refractivity contribution in [2.75, 3.05) is 20.2 Å². The molecule has 1 aromatic heterocycles. The molecule has 0 aliphatic carbocycles. The highest BCUT2D eigenvalue weighted by Crippen LogP contribution is 2.28. The molecule has 47 heavy (non-hydrogen) atoms. The van der Waals surface area contributed by atoms with Gasteiger partial charge in [0, 0.05) is 31.4 Å². The number of pyridine rings is 1. The molecule has 1 atom stereocenters. The van der Waals surface area contributed by atoms with Crippen LogP contribution >= 0.6 is 11.6 Å². The quantitative estimate of drug-likeness (QED) is 0.103. The number of methoxy groups -OCH3 is 1. The molecule has 0 unspecified atom stereocenters. The van der Waals surface area contributed by atoms with Gasteiger partial charge in [-0.15, -0.1) is 0 Å². The molecule has 0 fully saturated rings. The number of aromatic nitrogens is 1. The molecule has 0 radical (unpaired) electrons. The zero-order valence-corrected chi connectivity index (χ0v) is 27.4. The van der Waals surface area contributed by atoms with Gasteiger partial charge in [0.25, 0.3) is 0 Å². The molecule has 4 aromatic carbocycles. The molecule has 0 aliphatic rings. The number of rotatable bonds is 14. The van der Waals surface area contributed by atoms with Crippen LogP contribution in [0.15, 0.2) is 131 Å². The summed E-state index contributed by atoms with van der Waals surface area (Å²) in [5.41, 5.74) is 3.64. The zero-order valence-electron chi connectivity index (χ0n) is 25.8. The topological polar surface area (TPSA) is 106 Å². The predicted molar refractivity (Wildman–Crippen MR) is 180 cm³/mol. The zero-order chi connectivity index (χ0) is 33.2. The molecule has 242 valence electrons. The van der Waals surface area contributed by atoms with Crippen molar-refractivity contribution in [2.24, 2.45) is 0 Å². The second kappa shape index (κ2) is 15.8. The van der Waals surface area contributed by atoms with Crippen molar-refractivity contribution < 1.29 is 27.8 Å². The van der Waals surface area contributed by atoms with E-state index in [1.165, 1.54) is 25.3 Å². The summed E-state index contributed by atoms with van der Waals surface area (Å²) in [6.07, 6.45) is 1.44. The van der Waals surface area contributed by atoms with E-state index in [-0.39, 0.29) is 27.7 Å². The van der Waals surface area contributed by atoms with Crippen LogP contribution in [0.5, 0.6) is 5.75 Å². The number of hydrogen-bond acceptors (Lipinski definition) is 8. The van der Waals surface area contributed by atoms with Gasteiger partial charge in [0.15, 0.2) is 0 Å². The fourth-order valence-corrected chi connectivity index (χ4v) is 6.47. The minimum absolute atomic E-state index is 0.0243. The molecule has 8 nitrogen and oxygen atoms in total. The van der Waals surface area contributed by atoms with Crippen LogP contribution in [-0.4, -0.2) is 49.6 Å². The first kappa shape index (κ1) is 33.8. The molecule has 10 heteroatoms. The second-order valence-electron chi connectivity index (χ2n) is 11.0. The van der Waals surface area contributed by atoms with Crippen LogP contribution in [-0.2, 0) is 34.1 Å². The lowest BCUT2D eigenvalue weighted by Gasteiger charge is -2.25. The monoisotopic (exact) mass is 670 g/mol. The average molecular weight is 671 g/mol. The first-order valence-electron chi connectivity index (χ1n) is 15.0. The predicted octanol–water partition coefficient (Wildman–Crippen LogP) is 6.71. The Morgan fingerprint density at radius 3 is 2.15 bits per heavy atom. The van der Waals surface area contributed by atoms with Gasteiger partial charge in [0.1, 0.15) is 23.1 Å². The summed E-state index contributed by atoms with van der Waals surface area (Å²) in [6, 6.07) is 33.8. The van der Waals surface area contributed by atoms with E-state index in [0.29, 0.717) is 36.8 Å². The number of esters is 1. The molecular formula is C37H35ClN2O6S. The van der Waals surface area contributed by atoms with E-state index < -0.39 is 21.9 Å². The average Bonchev–Trinajstić information content (AvgIpc) is 3.10. The van der Waals surface area contributed by atoms with Crippen LogP contribution in [0.1, 0.15) is 38.7 Å². The Labute approximate surface area is 280 Å². The highest BCUT2D eigenvalue weighted by atomic mass is 35.5. The van der Waals surface area contributed by atoms with Crippen molar-refractivity contribution in [2.45, 2.75) is 35.5 Å². The second-order valence-corrected chi connectivity index (χ2v) is 13.3. The minimum atomic E-state index is -3.95. The number of aliphatic hydroxyl groups is 1. The fourth-order valence-electron chi connectivity index (χ4n) is 5.08. The Morgan fingerprint density at radius 2 is 1.51 bits per heavy atom. The van der Waals surface area contributed by atoms with Gasteiger partial charge in [-0.2, -0.15) is 0 Å². The van der Waals surface area contributed by atoms with Crippen molar-refractivity contribution in [1.82, 2.24) is 9.88 Å². The van der Waals surface area contributed by atoms with Crippen LogP contribution in [0.25, 0.3) is 0 Å². The highest BCUT2D eigenvalue weighted by Gasteiger charge is 2.23. The van der Waals surface area contributed by atoms with Crippen molar-refractivity contribution >= 4 is 27.4 Å². The number of carbonyl (C=O) groups excluding carboxylic acids is 1. The lowest BCUT2D eigenvalue weighted by molar-refractivity contribution is 0.0595. The SMILES string of the molecule is COC(=O)c1cc(S(=O)(=O)c2ccc(CCN(Cc3ccccc3)C[C@H](O)c3ccc(Cl)nc3)cc2)ccc1OCc1ccccc1. The first-order chi connectivity index (χ1) is 22.7. The van der Waals surface area contributed by atoms with E-state index in [2.05, 4.69) is 9.88 Å². The lowest BCUT2D eigenvalue weighted by atomic mass is 10.1. The molecule has 0 amide bonds. The number of hydrogen-bond donors (Lipinski definition) is 1. The Hall–Kier alpha value is -4.54. The first-order valence-corrected chi connectivity index (χ1v) is 16.9. The summed E-state index contributed by atoms with van der Waals surface area (Å²) >= 11 is 5.92. The van der Waals surface area contributed by atoms with Crippen LogP contribution in [0.2, 0.25) is 5.15 Å². The number of benzene rings is 4. The molecule has 1 heterocycles. The number of nitrogens with zero attached hydrogens (tertiary/aromatic N) is 2. The van der Waals surface area contributed by atoms with Gasteiger partial charge in [0.05, 0.1) is 23.0 Å². The third-order valence-electron chi connectivity index (χ3n) is 7.67. The Kier molecular flexibility index (Phi) is 11.4. The van der Waals surface area contributed by atoms with Gasteiger partial charge in [0.2, 0.25) is 9.84 Å². The summed E-state index contributed by atoms with van der Waals surface area (Å²) in [5, 5.41) is 11.3. The summed E-state index contributed by atoms with van der Waals surface area (Å²) < 4.78 is 38.0. The highest BCUT2D eigenvalue weighted by molar-refractivity contribution is 7.91. The fraction of sp³-hybridized carbons (Fsp3) is 0.189. The Morgan fingerprint density at radius 1 is 0.851 bits per heavy atom. The Balaban J connectivity index is 1.29. The Bertz CT molecular complexity index is 1870. The number of aliphatic hydroxyl groups excluding tert-OH is 1. The normalized spacial score (nSPS) is 12.1. The van der Waals surface area contributed by atoms with Gasteiger partial charge in [-0.3, -0.25) is 4.90 Å². The maximum absolute atomic E-state index is 13.6. The smallest absolute Gasteiger partial charge is 0.341 e. The van der Waals surface area contributed by atoms with Crippen LogP contribution < -0.4 is 4.74 Å². The third kappa shape index (κ3) is 9.05. The van der Waals surface area contributed by atoms with Crippen LogP contribution in [0.4, 0.5) is 0 Å². The van der Waals surface area contributed by atoms with Gasteiger partial charge >= 0.3 is 5.97 Å². The van der Waals surface area contributed by atoms with Crippen LogP contribution in [0, 0.1) is 0 Å². The molecule has 0 saturated carbocycles. The summed E-state index contributed by atoms with van der Waals surface area (Å²) in [6.45, 7) is 1.82. The lowest BCUT2D eigenvalue weighted by Crippen LogP contribution is -2.30. The van der Waals surface area contributed by atoms with E-state index in [1.807, 2.05) is 60.7 Å². The largest absolute Gasteiger partial charge is 0.488 e. The van der Waals surface area contributed by atoms with Crippen molar-refractivity contribution in [1.29, 1.82) is 0 Å². The number of halogens is 1. The molecule has 0 spiro atoms. The molecule has 5 aromatic rings. The van der Waals surface area contributed by atoms with E-state index in [9.17, 15) is 18.3 Å². The summed E-state index contributed by atoms with van der Waals surface area (Å²) in [7, 11) is -2.71. The summed E-state index contributed by atoms with van der Waals surface area (Å²) in [4.78, 5) is 18.9. The maximum atomic E-state index is 13.6. The van der Waals surface area contributed by atoms with E-state index in [1.54, 1.807) is 42.6 Å². The summed E-state index contributed by atoms with van der Waals surface area (Å²) in [5.74, 6) is -0.467. The molecular weight excluding hydrogens is 636 g/mol. The van der Waals surface area contributed by atoms with Crippen LogP contribution in [0.3, 0.4) is 0 Å². The van der Waals surface area contributed by atoms with E-state index >= 15 is 0 Å². The van der Waals surface area contributed by atoms with E-state index in [0.717, 1.165) is 16.7 Å². The molecule has 0 saturated heterocycles. The van der Waals surface area contributed by atoms with Gasteiger partial charge < -0.3 is 14.6 Å². The molecule has 1 N–H and O–H groups in total. The van der Waals surface area contributed by atoms with Crippen molar-refractivity contribution in [3.63, 3.8) is 0 Å². The molecule has 5 rings (SSSR count). The maximum Gasteiger partial charge on any atom is 0.341 e.